The molecule has 0 aliphatic rings. The lowest BCUT2D eigenvalue weighted by Gasteiger charge is -2.21. The first-order valence-corrected chi connectivity index (χ1v) is 12.1. The van der Waals surface area contributed by atoms with Crippen LogP contribution in [0, 0.1) is 5.92 Å². The van der Waals surface area contributed by atoms with Gasteiger partial charge in [-0.2, -0.15) is 4.39 Å². The zero-order chi connectivity index (χ0) is 25.6. The average molecular weight is 478 g/mol. The van der Waals surface area contributed by atoms with Crippen LogP contribution in [0.25, 0.3) is 16.7 Å². The van der Waals surface area contributed by atoms with Gasteiger partial charge < -0.3 is 14.0 Å². The van der Waals surface area contributed by atoms with E-state index in [2.05, 4.69) is 24.8 Å². The number of carbonyl (C=O) groups excluding carboxylic acids is 1. The first kappa shape index (κ1) is 26.4. The minimum atomic E-state index is -1.70. The SMILES string of the molecule is C=C(C)c1ccc(CC(CCOC)C(=O)c2ccn(C)c2)cc1-c1ccc(OC(C)(F)CC)cc1. The third-order valence-corrected chi connectivity index (χ3v) is 6.31. The Bertz CT molecular complexity index is 1160. The van der Waals surface area contributed by atoms with Gasteiger partial charge in [-0.1, -0.05) is 49.4 Å². The van der Waals surface area contributed by atoms with Crippen molar-refractivity contribution in [1.82, 2.24) is 4.57 Å². The molecular weight excluding hydrogens is 441 g/mol. The third-order valence-electron chi connectivity index (χ3n) is 6.31. The summed E-state index contributed by atoms with van der Waals surface area (Å²) in [6.07, 6.45) is 5.27. The van der Waals surface area contributed by atoms with Gasteiger partial charge in [0, 0.05) is 58.0 Å². The minimum absolute atomic E-state index is 0.125. The first-order valence-electron chi connectivity index (χ1n) is 12.1. The summed E-state index contributed by atoms with van der Waals surface area (Å²) < 4.78 is 26.9. The lowest BCUT2D eigenvalue weighted by molar-refractivity contribution is -0.0471. The molecule has 2 atom stereocenters. The predicted octanol–water partition coefficient (Wildman–Crippen LogP) is 7.28. The number of allylic oxidation sites excluding steroid dienone is 1. The maximum atomic E-state index is 14.3. The summed E-state index contributed by atoms with van der Waals surface area (Å²) >= 11 is 0. The van der Waals surface area contributed by atoms with Crippen molar-refractivity contribution in [2.24, 2.45) is 13.0 Å². The molecule has 1 aromatic heterocycles. The molecule has 0 fully saturated rings. The molecule has 2 unspecified atom stereocenters. The quantitative estimate of drug-likeness (QED) is 0.257. The number of ketones is 1. The Morgan fingerprint density at radius 2 is 1.89 bits per heavy atom. The Balaban J connectivity index is 1.91. The van der Waals surface area contributed by atoms with Crippen LogP contribution in [0.2, 0.25) is 0 Å². The molecule has 0 bridgehead atoms. The molecule has 186 valence electrons. The molecule has 3 aromatic rings. The molecule has 0 spiro atoms. The highest BCUT2D eigenvalue weighted by atomic mass is 19.2. The van der Waals surface area contributed by atoms with Gasteiger partial charge in [-0.3, -0.25) is 4.79 Å². The predicted molar refractivity (Wildman–Crippen MR) is 140 cm³/mol. The number of benzene rings is 2. The van der Waals surface area contributed by atoms with Crippen molar-refractivity contribution in [1.29, 1.82) is 0 Å². The largest absolute Gasteiger partial charge is 0.458 e. The van der Waals surface area contributed by atoms with Gasteiger partial charge in [0.05, 0.1) is 0 Å². The molecule has 4 nitrogen and oxygen atoms in total. The second kappa shape index (κ2) is 11.5. The van der Waals surface area contributed by atoms with Crippen LogP contribution in [-0.4, -0.2) is 29.9 Å². The van der Waals surface area contributed by atoms with Gasteiger partial charge in [0.1, 0.15) is 5.75 Å². The van der Waals surface area contributed by atoms with Crippen molar-refractivity contribution >= 4 is 11.4 Å². The molecule has 0 N–H and O–H groups in total. The number of Topliss-reactive ketones (excluding diaryl/α,β-unsaturated/α-hetero) is 1. The number of carbonyl (C=O) groups is 1. The van der Waals surface area contributed by atoms with E-state index in [-0.39, 0.29) is 18.1 Å². The van der Waals surface area contributed by atoms with Crippen LogP contribution < -0.4 is 4.74 Å². The number of methoxy groups -OCH3 is 1. The highest BCUT2D eigenvalue weighted by Crippen LogP contribution is 2.33. The monoisotopic (exact) mass is 477 g/mol. The Labute approximate surface area is 208 Å². The molecular formula is C30H36FNO3. The van der Waals surface area contributed by atoms with E-state index < -0.39 is 5.85 Å². The van der Waals surface area contributed by atoms with E-state index in [1.54, 1.807) is 26.2 Å². The van der Waals surface area contributed by atoms with Crippen LogP contribution in [0.1, 0.15) is 55.1 Å². The molecule has 3 rings (SSSR count). The second-order valence-electron chi connectivity index (χ2n) is 9.35. The summed E-state index contributed by atoms with van der Waals surface area (Å²) in [5.74, 6) is -1.28. The maximum absolute atomic E-state index is 14.3. The van der Waals surface area contributed by atoms with E-state index in [0.717, 1.165) is 33.4 Å². The van der Waals surface area contributed by atoms with Crippen molar-refractivity contribution < 1.29 is 18.7 Å². The van der Waals surface area contributed by atoms with E-state index in [1.165, 1.54) is 6.92 Å². The lowest BCUT2D eigenvalue weighted by Crippen LogP contribution is -2.24. The number of aryl methyl sites for hydroxylation is 1. The summed E-state index contributed by atoms with van der Waals surface area (Å²) in [6, 6.07) is 15.6. The number of aromatic nitrogens is 1. The number of alkyl halides is 1. The Morgan fingerprint density at radius 1 is 1.17 bits per heavy atom. The maximum Gasteiger partial charge on any atom is 0.245 e. The van der Waals surface area contributed by atoms with Gasteiger partial charge in [-0.15, -0.1) is 0 Å². The molecule has 0 saturated carbocycles. The van der Waals surface area contributed by atoms with Crippen LogP contribution in [0.4, 0.5) is 4.39 Å². The lowest BCUT2D eigenvalue weighted by atomic mass is 9.87. The molecule has 0 aliphatic heterocycles. The molecule has 0 radical (unpaired) electrons. The molecule has 0 amide bonds. The van der Waals surface area contributed by atoms with Crippen molar-refractivity contribution in [2.45, 2.75) is 45.9 Å². The number of ether oxygens (including phenoxy) is 2. The summed E-state index contributed by atoms with van der Waals surface area (Å²) in [6.45, 7) is 9.82. The van der Waals surface area contributed by atoms with E-state index in [9.17, 15) is 9.18 Å². The molecule has 0 aliphatic carbocycles. The standard InChI is InChI=1S/C30H36FNO3/c1-7-30(4,31)35-26-11-9-23(10-12-26)28-19-22(8-13-27(28)21(2)3)18-24(15-17-34-6)29(33)25-14-16-32(5)20-25/h8-14,16,19-20,24H,2,7,15,17-18H2,1,3-6H3. The Morgan fingerprint density at radius 3 is 2.46 bits per heavy atom. The number of hydrogen-bond donors (Lipinski definition) is 0. The van der Waals surface area contributed by atoms with E-state index in [4.69, 9.17) is 9.47 Å². The van der Waals surface area contributed by atoms with E-state index in [1.807, 2.05) is 49.1 Å². The van der Waals surface area contributed by atoms with Gasteiger partial charge in [0.2, 0.25) is 5.85 Å². The zero-order valence-corrected chi connectivity index (χ0v) is 21.4. The number of halogens is 1. The van der Waals surface area contributed by atoms with Gasteiger partial charge in [0.25, 0.3) is 0 Å². The normalized spacial score (nSPS) is 13.8. The van der Waals surface area contributed by atoms with Gasteiger partial charge in [-0.05, 0) is 60.2 Å². The fraction of sp³-hybridized carbons (Fsp3) is 0.367. The summed E-state index contributed by atoms with van der Waals surface area (Å²) in [5.41, 5.74) is 5.78. The molecule has 0 saturated heterocycles. The summed E-state index contributed by atoms with van der Waals surface area (Å²) in [5, 5.41) is 0. The molecule has 35 heavy (non-hydrogen) atoms. The highest BCUT2D eigenvalue weighted by Gasteiger charge is 2.23. The fourth-order valence-electron chi connectivity index (χ4n) is 4.11. The number of rotatable bonds is 12. The Hall–Kier alpha value is -3.18. The summed E-state index contributed by atoms with van der Waals surface area (Å²) in [4.78, 5) is 13.2. The fourth-order valence-corrected chi connectivity index (χ4v) is 4.11. The summed E-state index contributed by atoms with van der Waals surface area (Å²) in [7, 11) is 3.57. The highest BCUT2D eigenvalue weighted by molar-refractivity contribution is 5.98. The zero-order valence-electron chi connectivity index (χ0n) is 21.4. The van der Waals surface area contributed by atoms with Crippen molar-refractivity contribution in [3.8, 4) is 16.9 Å². The van der Waals surface area contributed by atoms with Crippen molar-refractivity contribution in [2.75, 3.05) is 13.7 Å². The smallest absolute Gasteiger partial charge is 0.245 e. The minimum Gasteiger partial charge on any atom is -0.458 e. The van der Waals surface area contributed by atoms with Crippen LogP contribution >= 0.6 is 0 Å². The average Bonchev–Trinajstić information content (AvgIpc) is 3.27. The number of hydrogen-bond acceptors (Lipinski definition) is 3. The Kier molecular flexibility index (Phi) is 8.68. The van der Waals surface area contributed by atoms with E-state index in [0.29, 0.717) is 25.2 Å². The van der Waals surface area contributed by atoms with Gasteiger partial charge >= 0.3 is 0 Å². The molecule has 1 heterocycles. The third kappa shape index (κ3) is 6.92. The van der Waals surface area contributed by atoms with Crippen molar-refractivity contribution in [3.63, 3.8) is 0 Å². The second-order valence-corrected chi connectivity index (χ2v) is 9.35. The van der Waals surface area contributed by atoms with Gasteiger partial charge in [-0.25, -0.2) is 0 Å². The molecule has 2 aromatic carbocycles. The van der Waals surface area contributed by atoms with Crippen molar-refractivity contribution in [3.05, 3.63) is 84.2 Å². The van der Waals surface area contributed by atoms with E-state index >= 15 is 0 Å². The molecule has 5 heteroatoms. The first-order chi connectivity index (χ1) is 16.6. The van der Waals surface area contributed by atoms with Crippen LogP contribution in [0.15, 0.2) is 67.5 Å². The van der Waals surface area contributed by atoms with Crippen LogP contribution in [0.3, 0.4) is 0 Å². The van der Waals surface area contributed by atoms with Crippen LogP contribution in [-0.2, 0) is 18.2 Å². The van der Waals surface area contributed by atoms with Gasteiger partial charge in [0.15, 0.2) is 5.78 Å². The topological polar surface area (TPSA) is 40.5 Å². The number of nitrogens with zero attached hydrogens (tertiary/aromatic N) is 1. The van der Waals surface area contributed by atoms with Crippen LogP contribution in [0.5, 0.6) is 5.75 Å².